The molecule has 0 saturated carbocycles. The Labute approximate surface area is 203 Å². The van der Waals surface area contributed by atoms with E-state index in [1.165, 1.54) is 24.6 Å². The molecule has 0 aliphatic carbocycles. The van der Waals surface area contributed by atoms with Crippen molar-refractivity contribution in [3.05, 3.63) is 77.5 Å². The van der Waals surface area contributed by atoms with E-state index in [1.54, 1.807) is 30.6 Å². The minimum atomic E-state index is -0.0422. The van der Waals surface area contributed by atoms with Gasteiger partial charge in [-0.1, -0.05) is 30.0 Å². The third kappa shape index (κ3) is 5.11. The number of benzene rings is 2. The molecule has 0 radical (unpaired) electrons. The van der Waals surface area contributed by atoms with Gasteiger partial charge in [-0.05, 0) is 28.8 Å². The van der Waals surface area contributed by atoms with Crippen LogP contribution >= 0.6 is 0 Å². The predicted molar refractivity (Wildman–Crippen MR) is 117 cm³/mol. The molecule has 1 aliphatic rings. The molecule has 9 heteroatoms. The minimum absolute atomic E-state index is 0. The number of hydrogen-bond acceptors (Lipinski definition) is 5. The third-order valence-corrected chi connectivity index (χ3v) is 5.03. The van der Waals surface area contributed by atoms with Gasteiger partial charge in [0.2, 0.25) is 0 Å². The molecular formula is C22H22N7NaO. The van der Waals surface area contributed by atoms with Gasteiger partial charge >= 0.3 is 29.6 Å². The van der Waals surface area contributed by atoms with Crippen LogP contribution in [0.5, 0.6) is 5.75 Å². The van der Waals surface area contributed by atoms with Crippen LogP contribution in [0.4, 0.5) is 5.69 Å². The van der Waals surface area contributed by atoms with E-state index in [4.69, 9.17) is 21.6 Å². The quantitative estimate of drug-likeness (QED) is 0.352. The Morgan fingerprint density at radius 3 is 2.65 bits per heavy atom. The Kier molecular flexibility index (Phi) is 7.40. The average Bonchev–Trinajstić information content (AvgIpc) is 3.15. The summed E-state index contributed by atoms with van der Waals surface area (Å²) in [5, 5.41) is 8.23. The van der Waals surface area contributed by atoms with E-state index >= 15 is 0 Å². The monoisotopic (exact) mass is 423 g/mol. The predicted octanol–water partition coefficient (Wildman–Crippen LogP) is 0.538. The molecule has 1 aliphatic heterocycles. The summed E-state index contributed by atoms with van der Waals surface area (Å²) in [6.07, 6.45) is 5.13. The zero-order valence-corrected chi connectivity index (χ0v) is 19.6. The van der Waals surface area contributed by atoms with Crippen LogP contribution < -0.4 is 40.0 Å². The summed E-state index contributed by atoms with van der Waals surface area (Å²) in [6.45, 7) is 1.97. The van der Waals surface area contributed by atoms with E-state index < -0.39 is 0 Å². The van der Waals surface area contributed by atoms with Crippen LogP contribution in [0.25, 0.3) is 16.9 Å². The van der Waals surface area contributed by atoms with Crippen LogP contribution in [0.3, 0.4) is 0 Å². The summed E-state index contributed by atoms with van der Waals surface area (Å²) in [5.41, 5.74) is 19.3. The van der Waals surface area contributed by atoms with Crippen LogP contribution in [0.1, 0.15) is 16.7 Å². The molecule has 0 spiro atoms. The van der Waals surface area contributed by atoms with Crippen molar-refractivity contribution in [2.24, 2.45) is 10.7 Å². The van der Waals surface area contributed by atoms with Crippen molar-refractivity contribution in [1.29, 1.82) is 5.41 Å². The molecule has 8 nitrogen and oxygen atoms in total. The van der Waals surface area contributed by atoms with Gasteiger partial charge in [-0.15, -0.1) is 0 Å². The largest absolute Gasteiger partial charge is 1.00 e. The molecule has 3 aromatic rings. The normalized spacial score (nSPS) is 13.4. The van der Waals surface area contributed by atoms with E-state index in [2.05, 4.69) is 38.1 Å². The first kappa shape index (κ1) is 22.9. The van der Waals surface area contributed by atoms with E-state index in [9.17, 15) is 0 Å². The number of amidine groups is 2. The summed E-state index contributed by atoms with van der Waals surface area (Å²) in [6, 6.07) is 11.4. The first-order chi connectivity index (χ1) is 14.5. The van der Waals surface area contributed by atoms with Crippen LogP contribution in [0, 0.1) is 5.41 Å². The first-order valence-corrected chi connectivity index (χ1v) is 9.45. The number of nitrogens with one attached hydrogen (secondary N) is 2. The third-order valence-electron chi connectivity index (χ3n) is 5.03. The van der Waals surface area contributed by atoms with Crippen molar-refractivity contribution < 1.29 is 34.3 Å². The summed E-state index contributed by atoms with van der Waals surface area (Å²) in [4.78, 5) is 14.6. The Bertz CT molecular complexity index is 1120. The molecule has 2 aromatic carbocycles. The molecule has 4 N–H and O–H groups in total. The van der Waals surface area contributed by atoms with Crippen molar-refractivity contribution in [1.82, 2.24) is 14.9 Å². The SMILES string of the molecule is COc1cccc(C(=N)N=C(N)CN2Cc3ccc(-c4cncnc4)cc3C2)c1[NH-].[Na+]. The van der Waals surface area contributed by atoms with Gasteiger partial charge in [0.15, 0.2) is 5.84 Å². The molecule has 31 heavy (non-hydrogen) atoms. The molecule has 4 rings (SSSR count). The number of methoxy groups -OCH3 is 1. The van der Waals surface area contributed by atoms with Crippen molar-refractivity contribution in [2.45, 2.75) is 13.1 Å². The van der Waals surface area contributed by atoms with E-state index in [-0.39, 0.29) is 41.1 Å². The maximum Gasteiger partial charge on any atom is 1.00 e. The molecule has 1 aromatic heterocycles. The topological polar surface area (TPSA) is 124 Å². The van der Waals surface area contributed by atoms with Crippen molar-refractivity contribution in [3.8, 4) is 16.9 Å². The molecule has 0 atom stereocenters. The molecule has 0 saturated heterocycles. The number of nitrogens with two attached hydrogens (primary N) is 1. The molecule has 0 fully saturated rings. The van der Waals surface area contributed by atoms with Gasteiger partial charge in [0, 0.05) is 36.6 Å². The molecule has 0 amide bonds. The summed E-state index contributed by atoms with van der Waals surface area (Å²) >= 11 is 0. The fourth-order valence-electron chi connectivity index (χ4n) is 3.57. The standard InChI is InChI=1S/C22H22N7O.Na/c1-30-19-4-2-3-18(21(19)24)22(25)28-20(23)12-29-10-15-6-5-14(7-16(15)11-29)17-8-26-13-27-9-17;/h2-9,13,24H,10-12H2,1H3,(H3,23,25,28);/q-1;+1. The van der Waals surface area contributed by atoms with Crippen LogP contribution in [0.15, 0.2) is 60.1 Å². The van der Waals surface area contributed by atoms with Gasteiger partial charge < -0.3 is 16.2 Å². The van der Waals surface area contributed by atoms with Crippen molar-refractivity contribution in [2.75, 3.05) is 13.7 Å². The Balaban J connectivity index is 0.00000272. The fourth-order valence-corrected chi connectivity index (χ4v) is 3.57. The molecule has 152 valence electrons. The van der Waals surface area contributed by atoms with Gasteiger partial charge in [0.05, 0.1) is 13.7 Å². The fraction of sp³-hybridized carbons (Fsp3) is 0.182. The van der Waals surface area contributed by atoms with Gasteiger partial charge in [-0.25, -0.2) is 15.0 Å². The summed E-state index contributed by atoms with van der Waals surface area (Å²) in [5.74, 6) is 0.701. The maximum atomic E-state index is 8.23. The van der Waals surface area contributed by atoms with Gasteiger partial charge in [-0.2, -0.15) is 0 Å². The summed E-state index contributed by atoms with van der Waals surface area (Å²) < 4.78 is 5.15. The zero-order valence-electron chi connectivity index (χ0n) is 17.6. The number of rotatable bonds is 5. The summed E-state index contributed by atoms with van der Waals surface area (Å²) in [7, 11) is 1.50. The number of aromatic nitrogens is 2. The van der Waals surface area contributed by atoms with E-state index in [0.29, 0.717) is 23.7 Å². The van der Waals surface area contributed by atoms with Crippen LogP contribution in [-0.2, 0) is 13.1 Å². The molecule has 0 unspecified atom stereocenters. The first-order valence-electron chi connectivity index (χ1n) is 9.45. The van der Waals surface area contributed by atoms with E-state index in [1.807, 2.05) is 0 Å². The van der Waals surface area contributed by atoms with Crippen molar-refractivity contribution >= 4 is 17.4 Å². The Morgan fingerprint density at radius 1 is 1.16 bits per heavy atom. The van der Waals surface area contributed by atoms with E-state index in [0.717, 1.165) is 24.2 Å². The zero-order chi connectivity index (χ0) is 21.1. The Morgan fingerprint density at radius 2 is 1.90 bits per heavy atom. The number of fused-ring (bicyclic) bond motifs is 1. The number of hydrogen-bond donors (Lipinski definition) is 2. The Hall–Kier alpha value is -2.78. The maximum absolute atomic E-state index is 8.23. The molecular weight excluding hydrogens is 401 g/mol. The second-order valence-corrected chi connectivity index (χ2v) is 7.09. The minimum Gasteiger partial charge on any atom is -0.695 e. The number of aliphatic imine (C=N–C) groups is 1. The molecule has 0 bridgehead atoms. The second-order valence-electron chi connectivity index (χ2n) is 7.09. The second kappa shape index (κ2) is 10.0. The smallest absolute Gasteiger partial charge is 0.695 e. The number of ether oxygens (including phenoxy) is 1. The molecule has 2 heterocycles. The van der Waals surface area contributed by atoms with Gasteiger partial charge in [-0.3, -0.25) is 10.3 Å². The van der Waals surface area contributed by atoms with Gasteiger partial charge in [0.1, 0.15) is 17.9 Å². The van der Waals surface area contributed by atoms with Crippen LogP contribution in [-0.4, -0.2) is 40.2 Å². The van der Waals surface area contributed by atoms with Crippen LogP contribution in [0.2, 0.25) is 0 Å². The van der Waals surface area contributed by atoms with Gasteiger partial charge in [0.25, 0.3) is 0 Å². The number of nitrogens with zero attached hydrogens (tertiary/aromatic N) is 4. The average molecular weight is 423 g/mol. The van der Waals surface area contributed by atoms with Crippen molar-refractivity contribution in [3.63, 3.8) is 0 Å².